The second-order valence-corrected chi connectivity index (χ2v) is 7.31. The first-order valence-electron chi connectivity index (χ1n) is 8.98. The highest BCUT2D eigenvalue weighted by Gasteiger charge is 2.26. The van der Waals surface area contributed by atoms with Gasteiger partial charge in [0.1, 0.15) is 5.56 Å². The number of anilines is 1. The van der Waals surface area contributed by atoms with Crippen LogP contribution < -0.4 is 20.1 Å². The van der Waals surface area contributed by atoms with Crippen molar-refractivity contribution < 1.29 is 29.0 Å². The third-order valence-corrected chi connectivity index (χ3v) is 5.06. The number of amidine groups is 1. The lowest BCUT2D eigenvalue weighted by Crippen LogP contribution is -2.19. The number of carboxylic acid groups (broad SMARTS) is 1. The number of thioether (sulfide) groups is 1. The minimum atomic E-state index is -1.21. The van der Waals surface area contributed by atoms with Gasteiger partial charge < -0.3 is 25.2 Å². The Kier molecular flexibility index (Phi) is 6.61. The fraction of sp³-hybridized carbons (Fsp3) is 0.143. The van der Waals surface area contributed by atoms with Gasteiger partial charge in [0.2, 0.25) is 5.91 Å². The van der Waals surface area contributed by atoms with Gasteiger partial charge in [0.05, 0.1) is 24.8 Å². The van der Waals surface area contributed by atoms with Gasteiger partial charge in [0.25, 0.3) is 5.91 Å². The molecule has 160 valence electrons. The van der Waals surface area contributed by atoms with Gasteiger partial charge in [-0.05, 0) is 53.7 Å². The molecule has 31 heavy (non-hydrogen) atoms. The SMILES string of the molecule is COc1ccc(/C=C2/SC(=Nc3ccc(NC(C)=O)cc3)NC2=O)c(C(=O)O)c1OC. The second kappa shape index (κ2) is 9.35. The van der Waals surface area contributed by atoms with Crippen molar-refractivity contribution in [2.45, 2.75) is 6.92 Å². The summed E-state index contributed by atoms with van der Waals surface area (Å²) in [4.78, 5) is 39.9. The van der Waals surface area contributed by atoms with Crippen LogP contribution in [0.5, 0.6) is 11.5 Å². The summed E-state index contributed by atoms with van der Waals surface area (Å²) in [6.45, 7) is 1.42. The van der Waals surface area contributed by atoms with E-state index < -0.39 is 11.9 Å². The second-order valence-electron chi connectivity index (χ2n) is 6.28. The monoisotopic (exact) mass is 441 g/mol. The van der Waals surface area contributed by atoms with E-state index in [4.69, 9.17) is 9.47 Å². The van der Waals surface area contributed by atoms with Crippen molar-refractivity contribution in [3.8, 4) is 11.5 Å². The predicted molar refractivity (Wildman–Crippen MR) is 118 cm³/mol. The quantitative estimate of drug-likeness (QED) is 0.587. The summed E-state index contributed by atoms with van der Waals surface area (Å²) in [5, 5.41) is 15.3. The first-order valence-corrected chi connectivity index (χ1v) is 9.79. The van der Waals surface area contributed by atoms with Crippen LogP contribution in [0.15, 0.2) is 46.3 Å². The van der Waals surface area contributed by atoms with Gasteiger partial charge >= 0.3 is 5.97 Å². The van der Waals surface area contributed by atoms with Crippen molar-refractivity contribution in [1.82, 2.24) is 5.32 Å². The summed E-state index contributed by atoms with van der Waals surface area (Å²) >= 11 is 1.08. The van der Waals surface area contributed by atoms with E-state index in [2.05, 4.69) is 15.6 Å². The van der Waals surface area contributed by atoms with Crippen LogP contribution in [0.3, 0.4) is 0 Å². The molecule has 1 fully saturated rings. The smallest absolute Gasteiger partial charge is 0.340 e. The molecule has 3 N–H and O–H groups in total. The topological polar surface area (TPSA) is 126 Å². The zero-order valence-electron chi connectivity index (χ0n) is 16.9. The molecule has 0 unspecified atom stereocenters. The highest BCUT2D eigenvalue weighted by Crippen LogP contribution is 2.36. The van der Waals surface area contributed by atoms with Crippen LogP contribution in [0, 0.1) is 0 Å². The number of nitrogens with one attached hydrogen (secondary N) is 2. The van der Waals surface area contributed by atoms with Crippen LogP contribution in [0.1, 0.15) is 22.8 Å². The Morgan fingerprint density at radius 3 is 2.42 bits per heavy atom. The Morgan fingerprint density at radius 1 is 1.13 bits per heavy atom. The Bertz CT molecular complexity index is 1110. The molecule has 0 aromatic heterocycles. The summed E-state index contributed by atoms with van der Waals surface area (Å²) < 4.78 is 10.4. The number of carbonyl (C=O) groups is 3. The highest BCUT2D eigenvalue weighted by atomic mass is 32.2. The Balaban J connectivity index is 1.89. The number of rotatable bonds is 6. The average Bonchev–Trinajstić information content (AvgIpc) is 3.07. The molecular formula is C21H19N3O6S. The number of hydrogen-bond donors (Lipinski definition) is 3. The summed E-state index contributed by atoms with van der Waals surface area (Å²) in [5.74, 6) is -1.44. The number of carboxylic acids is 1. The first kappa shape index (κ1) is 21.9. The molecule has 2 amide bonds. The minimum Gasteiger partial charge on any atom is -0.493 e. The lowest BCUT2D eigenvalue weighted by molar-refractivity contribution is -0.115. The normalized spacial score (nSPS) is 15.6. The van der Waals surface area contributed by atoms with Crippen molar-refractivity contribution >= 4 is 52.2 Å². The third-order valence-electron chi connectivity index (χ3n) is 4.15. The Labute approximate surface area is 182 Å². The summed E-state index contributed by atoms with van der Waals surface area (Å²) in [5.41, 5.74) is 1.40. The van der Waals surface area contributed by atoms with Gasteiger partial charge in [-0.2, -0.15) is 0 Å². The largest absolute Gasteiger partial charge is 0.493 e. The van der Waals surface area contributed by atoms with Crippen LogP contribution in [-0.2, 0) is 9.59 Å². The molecule has 0 spiro atoms. The van der Waals surface area contributed by atoms with E-state index in [1.165, 1.54) is 27.2 Å². The molecule has 2 aromatic carbocycles. The average molecular weight is 441 g/mol. The van der Waals surface area contributed by atoms with Gasteiger partial charge in [-0.25, -0.2) is 9.79 Å². The maximum absolute atomic E-state index is 12.4. The maximum Gasteiger partial charge on any atom is 0.340 e. The van der Waals surface area contributed by atoms with Crippen LogP contribution in [-0.4, -0.2) is 42.3 Å². The molecule has 0 radical (unpaired) electrons. The van der Waals surface area contributed by atoms with Gasteiger partial charge in [-0.3, -0.25) is 9.59 Å². The fourth-order valence-electron chi connectivity index (χ4n) is 2.84. The van der Waals surface area contributed by atoms with E-state index in [0.29, 0.717) is 22.1 Å². The molecule has 2 aromatic rings. The molecule has 0 aliphatic carbocycles. The predicted octanol–water partition coefficient (Wildman–Crippen LogP) is 3.25. The highest BCUT2D eigenvalue weighted by molar-refractivity contribution is 8.18. The minimum absolute atomic E-state index is 0.0703. The van der Waals surface area contributed by atoms with E-state index >= 15 is 0 Å². The number of methoxy groups -OCH3 is 2. The zero-order valence-corrected chi connectivity index (χ0v) is 17.7. The van der Waals surface area contributed by atoms with Gasteiger partial charge in [0.15, 0.2) is 16.7 Å². The van der Waals surface area contributed by atoms with Crippen LogP contribution in [0.25, 0.3) is 6.08 Å². The van der Waals surface area contributed by atoms with Crippen molar-refractivity contribution in [2.24, 2.45) is 4.99 Å². The molecule has 0 bridgehead atoms. The molecule has 1 aliphatic rings. The number of amides is 2. The lowest BCUT2D eigenvalue weighted by atomic mass is 10.0. The van der Waals surface area contributed by atoms with Crippen molar-refractivity contribution in [3.05, 3.63) is 52.4 Å². The van der Waals surface area contributed by atoms with Crippen LogP contribution in [0.4, 0.5) is 11.4 Å². The standard InChI is InChI=1S/C21H19N3O6S/c1-11(25)22-13-5-7-14(8-6-13)23-21-24-19(26)16(31-21)10-12-4-9-15(29-2)18(30-3)17(12)20(27)28/h4-10H,1-3H3,(H,22,25)(H,27,28)(H,23,24,26)/b16-10+. The fourth-order valence-corrected chi connectivity index (χ4v) is 3.68. The number of aromatic carboxylic acids is 1. The van der Waals surface area contributed by atoms with E-state index in [1.54, 1.807) is 36.4 Å². The number of aliphatic imine (C=N–C) groups is 1. The van der Waals surface area contributed by atoms with Crippen LogP contribution in [0.2, 0.25) is 0 Å². The van der Waals surface area contributed by atoms with E-state index in [0.717, 1.165) is 11.8 Å². The number of ether oxygens (including phenoxy) is 2. The van der Waals surface area contributed by atoms with Crippen molar-refractivity contribution in [2.75, 3.05) is 19.5 Å². The molecular weight excluding hydrogens is 422 g/mol. The third kappa shape index (κ3) is 5.04. The number of nitrogens with zero attached hydrogens (tertiary/aromatic N) is 1. The van der Waals surface area contributed by atoms with Crippen LogP contribution >= 0.6 is 11.8 Å². The molecule has 0 saturated carbocycles. The maximum atomic E-state index is 12.4. The van der Waals surface area contributed by atoms with E-state index in [1.807, 2.05) is 0 Å². The van der Waals surface area contributed by atoms with Gasteiger partial charge in [-0.15, -0.1) is 0 Å². The number of benzene rings is 2. The summed E-state index contributed by atoms with van der Waals surface area (Å²) in [6, 6.07) is 9.90. The Morgan fingerprint density at radius 2 is 1.84 bits per heavy atom. The van der Waals surface area contributed by atoms with Crippen molar-refractivity contribution in [1.29, 1.82) is 0 Å². The molecule has 9 nitrogen and oxygen atoms in total. The molecule has 1 saturated heterocycles. The van der Waals surface area contributed by atoms with E-state index in [9.17, 15) is 19.5 Å². The summed E-state index contributed by atoms with van der Waals surface area (Å²) in [6.07, 6.45) is 1.47. The molecule has 10 heteroatoms. The molecule has 1 heterocycles. The summed E-state index contributed by atoms with van der Waals surface area (Å²) in [7, 11) is 2.76. The lowest BCUT2D eigenvalue weighted by Gasteiger charge is -2.12. The van der Waals surface area contributed by atoms with Crippen molar-refractivity contribution in [3.63, 3.8) is 0 Å². The zero-order chi connectivity index (χ0) is 22.5. The van der Waals surface area contributed by atoms with E-state index in [-0.39, 0.29) is 27.9 Å². The molecule has 0 atom stereocenters. The van der Waals surface area contributed by atoms with Gasteiger partial charge in [-0.1, -0.05) is 6.07 Å². The Hall–Kier alpha value is -3.79. The first-order chi connectivity index (χ1) is 14.8. The molecule has 1 aliphatic heterocycles. The number of carbonyl (C=O) groups excluding carboxylic acids is 2. The number of hydrogen-bond acceptors (Lipinski definition) is 7. The molecule has 3 rings (SSSR count). The van der Waals surface area contributed by atoms with Gasteiger partial charge in [0, 0.05) is 12.6 Å².